The summed E-state index contributed by atoms with van der Waals surface area (Å²) in [6, 6.07) is 8.06. The van der Waals surface area contributed by atoms with Crippen molar-refractivity contribution in [2.24, 2.45) is 0 Å². The maximum atomic E-state index is 11.5. The molecule has 1 amide bonds. The molecule has 3 nitrogen and oxygen atoms in total. The Hall–Kier alpha value is -0.870. The van der Waals surface area contributed by atoms with Gasteiger partial charge < -0.3 is 10.4 Å². The van der Waals surface area contributed by atoms with Crippen molar-refractivity contribution in [3.63, 3.8) is 0 Å². The molecule has 0 bridgehead atoms. The summed E-state index contributed by atoms with van der Waals surface area (Å²) in [7, 11) is 0. The van der Waals surface area contributed by atoms with Crippen LogP contribution >= 0.6 is 15.9 Å². The summed E-state index contributed by atoms with van der Waals surface area (Å²) in [4.78, 5) is 11.5. The van der Waals surface area contributed by atoms with Crippen LogP contribution in [0.15, 0.2) is 28.7 Å². The number of carbonyl (C=O) groups is 1. The van der Waals surface area contributed by atoms with Crippen molar-refractivity contribution in [2.45, 2.75) is 38.7 Å². The average Bonchev–Trinajstić information content (AvgIpc) is 2.31. The Morgan fingerprint density at radius 3 is 2.83 bits per heavy atom. The molecule has 1 aromatic rings. The van der Waals surface area contributed by atoms with Gasteiger partial charge in [0.1, 0.15) is 0 Å². The molecular weight excluding hydrogens is 294 g/mol. The molecule has 2 N–H and O–H groups in total. The predicted molar refractivity (Wildman–Crippen MR) is 76.4 cm³/mol. The maximum absolute atomic E-state index is 11.5. The van der Waals surface area contributed by atoms with Crippen molar-refractivity contribution in [2.75, 3.05) is 6.54 Å². The second-order valence-corrected chi connectivity index (χ2v) is 5.29. The van der Waals surface area contributed by atoms with E-state index in [0.29, 0.717) is 19.4 Å². The van der Waals surface area contributed by atoms with Crippen molar-refractivity contribution < 1.29 is 9.90 Å². The number of nitrogens with one attached hydrogen (secondary N) is 1. The van der Waals surface area contributed by atoms with Crippen LogP contribution in [-0.2, 0) is 11.2 Å². The molecule has 0 aliphatic heterocycles. The number of aliphatic hydroxyl groups excluding tert-OH is 1. The zero-order valence-electron chi connectivity index (χ0n) is 10.7. The van der Waals surface area contributed by atoms with Gasteiger partial charge in [0.2, 0.25) is 5.91 Å². The number of benzene rings is 1. The van der Waals surface area contributed by atoms with E-state index in [9.17, 15) is 4.79 Å². The lowest BCUT2D eigenvalue weighted by atomic mass is 10.1. The van der Waals surface area contributed by atoms with Gasteiger partial charge in [-0.3, -0.25) is 4.79 Å². The van der Waals surface area contributed by atoms with Crippen molar-refractivity contribution in [3.8, 4) is 0 Å². The van der Waals surface area contributed by atoms with Gasteiger partial charge in [-0.05, 0) is 37.8 Å². The molecule has 0 spiro atoms. The molecule has 1 unspecified atom stereocenters. The summed E-state index contributed by atoms with van der Waals surface area (Å²) >= 11 is 3.49. The second kappa shape index (κ2) is 8.27. The van der Waals surface area contributed by atoms with Crippen LogP contribution in [0, 0.1) is 0 Å². The molecule has 1 rings (SSSR count). The summed E-state index contributed by atoms with van der Waals surface area (Å²) in [5.74, 6) is 0.0581. The minimum atomic E-state index is -0.356. The van der Waals surface area contributed by atoms with Gasteiger partial charge in [0, 0.05) is 17.4 Å². The number of halogens is 1. The van der Waals surface area contributed by atoms with E-state index in [1.54, 1.807) is 6.92 Å². The molecule has 0 aliphatic rings. The Morgan fingerprint density at radius 2 is 2.17 bits per heavy atom. The van der Waals surface area contributed by atoms with Gasteiger partial charge in [0.05, 0.1) is 6.10 Å². The number of rotatable bonds is 7. The first-order chi connectivity index (χ1) is 8.59. The van der Waals surface area contributed by atoms with Gasteiger partial charge in [-0.25, -0.2) is 0 Å². The second-order valence-electron chi connectivity index (χ2n) is 4.43. The normalized spacial score (nSPS) is 12.2. The topological polar surface area (TPSA) is 49.3 Å². The maximum Gasteiger partial charge on any atom is 0.220 e. The molecule has 0 aliphatic carbocycles. The Kier molecular flexibility index (Phi) is 6.98. The minimum absolute atomic E-state index is 0.0581. The van der Waals surface area contributed by atoms with Gasteiger partial charge in [-0.1, -0.05) is 34.1 Å². The van der Waals surface area contributed by atoms with Crippen LogP contribution in [0.3, 0.4) is 0 Å². The van der Waals surface area contributed by atoms with Crippen LogP contribution in [-0.4, -0.2) is 23.7 Å². The van der Waals surface area contributed by atoms with Crippen LogP contribution in [0.1, 0.15) is 31.7 Å². The molecular formula is C14H20BrNO2. The first kappa shape index (κ1) is 15.2. The fourth-order valence-electron chi connectivity index (χ4n) is 1.65. The predicted octanol–water partition coefficient (Wildman–Crippen LogP) is 2.66. The highest BCUT2D eigenvalue weighted by Gasteiger charge is 2.03. The van der Waals surface area contributed by atoms with E-state index in [0.717, 1.165) is 17.3 Å². The summed E-state index contributed by atoms with van der Waals surface area (Å²) in [6.45, 7) is 2.27. The molecule has 1 aromatic carbocycles. The zero-order valence-corrected chi connectivity index (χ0v) is 12.2. The van der Waals surface area contributed by atoms with Crippen molar-refractivity contribution in [1.82, 2.24) is 5.32 Å². The van der Waals surface area contributed by atoms with Crippen LogP contribution < -0.4 is 5.32 Å². The number of aryl methyl sites for hydroxylation is 1. The average molecular weight is 314 g/mol. The molecule has 18 heavy (non-hydrogen) atoms. The van der Waals surface area contributed by atoms with Gasteiger partial charge in [-0.15, -0.1) is 0 Å². The fourth-order valence-corrected chi connectivity index (χ4v) is 2.13. The molecule has 0 aromatic heterocycles. The van der Waals surface area contributed by atoms with Gasteiger partial charge in [-0.2, -0.15) is 0 Å². The third-order valence-corrected chi connectivity index (χ3v) is 3.47. The SMILES string of the molecule is CC(O)CCNC(=O)CCCc1ccccc1Br. The lowest BCUT2D eigenvalue weighted by Gasteiger charge is -2.07. The minimum Gasteiger partial charge on any atom is -0.393 e. The van der Waals surface area contributed by atoms with E-state index in [1.807, 2.05) is 18.2 Å². The van der Waals surface area contributed by atoms with E-state index in [1.165, 1.54) is 5.56 Å². The van der Waals surface area contributed by atoms with Gasteiger partial charge in [0.25, 0.3) is 0 Å². The van der Waals surface area contributed by atoms with E-state index in [4.69, 9.17) is 5.11 Å². The fraction of sp³-hybridized carbons (Fsp3) is 0.500. The molecule has 0 saturated carbocycles. The third-order valence-electron chi connectivity index (χ3n) is 2.69. The molecule has 0 heterocycles. The largest absolute Gasteiger partial charge is 0.393 e. The summed E-state index contributed by atoms with van der Waals surface area (Å²) < 4.78 is 1.10. The van der Waals surface area contributed by atoms with Crippen molar-refractivity contribution in [1.29, 1.82) is 0 Å². The Balaban J connectivity index is 2.18. The molecule has 100 valence electrons. The summed E-state index contributed by atoms with van der Waals surface area (Å²) in [5, 5.41) is 11.9. The molecule has 1 atom stereocenters. The number of hydrogen-bond donors (Lipinski definition) is 2. The first-order valence-corrected chi connectivity index (χ1v) is 7.07. The van der Waals surface area contributed by atoms with E-state index in [-0.39, 0.29) is 12.0 Å². The standard InChI is InChI=1S/C14H20BrNO2/c1-11(17)9-10-16-14(18)8-4-6-12-5-2-3-7-13(12)15/h2-3,5,7,11,17H,4,6,8-10H2,1H3,(H,16,18). The molecule has 0 fully saturated rings. The highest BCUT2D eigenvalue weighted by atomic mass is 79.9. The van der Waals surface area contributed by atoms with Gasteiger partial charge >= 0.3 is 0 Å². The van der Waals surface area contributed by atoms with Crippen LogP contribution in [0.25, 0.3) is 0 Å². The van der Waals surface area contributed by atoms with Crippen molar-refractivity contribution >= 4 is 21.8 Å². The highest BCUT2D eigenvalue weighted by molar-refractivity contribution is 9.10. The molecule has 0 radical (unpaired) electrons. The monoisotopic (exact) mass is 313 g/mol. The number of carbonyl (C=O) groups excluding carboxylic acids is 1. The number of aliphatic hydroxyl groups is 1. The third kappa shape index (κ3) is 6.17. The number of amides is 1. The first-order valence-electron chi connectivity index (χ1n) is 6.27. The summed E-state index contributed by atoms with van der Waals surface area (Å²) in [6.07, 6.45) is 2.51. The highest BCUT2D eigenvalue weighted by Crippen LogP contribution is 2.17. The van der Waals surface area contributed by atoms with Crippen LogP contribution in [0.2, 0.25) is 0 Å². The lowest BCUT2D eigenvalue weighted by molar-refractivity contribution is -0.121. The summed E-state index contributed by atoms with van der Waals surface area (Å²) in [5.41, 5.74) is 1.23. The van der Waals surface area contributed by atoms with Crippen molar-refractivity contribution in [3.05, 3.63) is 34.3 Å². The number of hydrogen-bond acceptors (Lipinski definition) is 2. The molecule has 0 saturated heterocycles. The quantitative estimate of drug-likeness (QED) is 0.813. The van der Waals surface area contributed by atoms with Crippen LogP contribution in [0.4, 0.5) is 0 Å². The zero-order chi connectivity index (χ0) is 13.4. The van der Waals surface area contributed by atoms with E-state index >= 15 is 0 Å². The smallest absolute Gasteiger partial charge is 0.220 e. The van der Waals surface area contributed by atoms with Gasteiger partial charge in [0.15, 0.2) is 0 Å². The Morgan fingerprint density at radius 1 is 1.44 bits per heavy atom. The Bertz CT molecular complexity index is 380. The molecule has 4 heteroatoms. The lowest BCUT2D eigenvalue weighted by Crippen LogP contribution is -2.26. The van der Waals surface area contributed by atoms with Crippen LogP contribution in [0.5, 0.6) is 0 Å². The van der Waals surface area contributed by atoms with E-state index in [2.05, 4.69) is 27.3 Å². The Labute approximate surface area is 117 Å². The van der Waals surface area contributed by atoms with E-state index < -0.39 is 0 Å².